The molecule has 1 saturated heterocycles. The zero-order chi connectivity index (χ0) is 13.9. The molecule has 1 fully saturated rings. The van der Waals surface area contributed by atoms with E-state index in [1.54, 1.807) is 0 Å². The van der Waals surface area contributed by atoms with Crippen molar-refractivity contribution in [2.75, 3.05) is 18.8 Å². The third-order valence-electron chi connectivity index (χ3n) is 3.17. The van der Waals surface area contributed by atoms with E-state index >= 15 is 0 Å². The summed E-state index contributed by atoms with van der Waals surface area (Å²) in [7, 11) is -3.42. The van der Waals surface area contributed by atoms with Crippen LogP contribution in [0.15, 0.2) is 0 Å². The van der Waals surface area contributed by atoms with Gasteiger partial charge in [0.2, 0.25) is 5.91 Å². The van der Waals surface area contributed by atoms with Gasteiger partial charge in [-0.1, -0.05) is 0 Å². The number of sulfone groups is 1. The molecule has 0 saturated carbocycles. The van der Waals surface area contributed by atoms with Crippen LogP contribution in [0.5, 0.6) is 0 Å². The lowest BCUT2D eigenvalue weighted by Crippen LogP contribution is -2.45. The topological polar surface area (TPSA) is 91.8 Å². The van der Waals surface area contributed by atoms with Crippen LogP contribution in [-0.4, -0.2) is 54.4 Å². The van der Waals surface area contributed by atoms with E-state index in [1.165, 1.54) is 18.7 Å². The monoisotopic (exact) mass is 277 g/mol. The van der Waals surface area contributed by atoms with Crippen molar-refractivity contribution in [1.29, 1.82) is 0 Å². The van der Waals surface area contributed by atoms with Gasteiger partial charge in [-0.15, -0.1) is 0 Å². The summed E-state index contributed by atoms with van der Waals surface area (Å²) in [5.41, 5.74) is 0. The Morgan fingerprint density at radius 3 is 2.50 bits per heavy atom. The normalized spacial score (nSPS) is 21.1. The Kier molecular flexibility index (Phi) is 4.72. The number of likely N-dealkylation sites (tertiary alicyclic amines) is 1. The molecule has 0 aromatic rings. The minimum Gasteiger partial charge on any atom is -0.481 e. The quantitative estimate of drug-likeness (QED) is 0.788. The highest BCUT2D eigenvalue weighted by Crippen LogP contribution is 2.17. The Balaban J connectivity index is 2.65. The summed E-state index contributed by atoms with van der Waals surface area (Å²) in [6, 6.07) is 0. The van der Waals surface area contributed by atoms with Gasteiger partial charge in [-0.3, -0.25) is 9.59 Å². The van der Waals surface area contributed by atoms with Crippen molar-refractivity contribution < 1.29 is 23.1 Å². The molecule has 1 aliphatic heterocycles. The molecular weight excluding hydrogens is 258 g/mol. The van der Waals surface area contributed by atoms with E-state index in [4.69, 9.17) is 5.11 Å². The average Bonchev–Trinajstić information content (AvgIpc) is 2.28. The molecule has 0 aliphatic carbocycles. The molecule has 1 rings (SSSR count). The first-order valence-corrected chi connectivity index (χ1v) is 7.67. The van der Waals surface area contributed by atoms with Crippen molar-refractivity contribution in [2.45, 2.75) is 31.9 Å². The van der Waals surface area contributed by atoms with Gasteiger partial charge in [-0.25, -0.2) is 8.42 Å². The van der Waals surface area contributed by atoms with E-state index in [0.717, 1.165) is 0 Å². The van der Waals surface area contributed by atoms with Gasteiger partial charge < -0.3 is 10.0 Å². The summed E-state index contributed by atoms with van der Waals surface area (Å²) in [5, 5.41) is 8.31. The number of hydrogen-bond donors (Lipinski definition) is 1. The summed E-state index contributed by atoms with van der Waals surface area (Å²) in [4.78, 5) is 24.0. The van der Waals surface area contributed by atoms with Gasteiger partial charge in [-0.2, -0.15) is 0 Å². The van der Waals surface area contributed by atoms with Crippen molar-refractivity contribution in [3.8, 4) is 0 Å². The molecule has 1 aliphatic rings. The molecule has 1 atom stereocenters. The van der Waals surface area contributed by atoms with Crippen molar-refractivity contribution in [3.05, 3.63) is 0 Å². The van der Waals surface area contributed by atoms with Crippen molar-refractivity contribution in [2.24, 2.45) is 5.92 Å². The maximum absolute atomic E-state index is 11.8. The smallest absolute Gasteiger partial charge is 0.308 e. The van der Waals surface area contributed by atoms with Gasteiger partial charge in [0.05, 0.1) is 11.2 Å². The molecule has 0 aromatic carbocycles. The molecule has 6 nitrogen and oxygen atoms in total. The summed E-state index contributed by atoms with van der Waals surface area (Å²) < 4.78 is 23.3. The zero-order valence-corrected chi connectivity index (χ0v) is 11.4. The van der Waals surface area contributed by atoms with Crippen LogP contribution in [0.25, 0.3) is 0 Å². The standard InChI is InChI=1S/C11H19NO5S/c1-8(2)18(16,17)7-10(13)12-5-3-4-9(6-12)11(14)15/h8-9H,3-7H2,1-2H3,(H,14,15)/t9-/m0/s1. The Labute approximate surface area is 107 Å². The third kappa shape index (κ3) is 3.69. The van der Waals surface area contributed by atoms with Crippen LogP contribution in [-0.2, 0) is 19.4 Å². The number of amides is 1. The fourth-order valence-electron chi connectivity index (χ4n) is 1.84. The van der Waals surface area contributed by atoms with Gasteiger partial charge >= 0.3 is 5.97 Å². The first kappa shape index (κ1) is 14.9. The summed E-state index contributed by atoms with van der Waals surface area (Å²) >= 11 is 0. The Morgan fingerprint density at radius 1 is 1.39 bits per heavy atom. The second-order valence-corrected chi connectivity index (χ2v) is 7.43. The zero-order valence-electron chi connectivity index (χ0n) is 10.6. The summed E-state index contributed by atoms with van der Waals surface area (Å²) in [6.45, 7) is 3.61. The first-order chi connectivity index (χ1) is 8.24. The van der Waals surface area contributed by atoms with Crippen LogP contribution >= 0.6 is 0 Å². The van der Waals surface area contributed by atoms with Crippen LogP contribution in [0.3, 0.4) is 0 Å². The molecule has 1 heterocycles. The highest BCUT2D eigenvalue weighted by atomic mass is 32.2. The van der Waals surface area contributed by atoms with Crippen LogP contribution < -0.4 is 0 Å². The van der Waals surface area contributed by atoms with Gasteiger partial charge in [-0.05, 0) is 26.7 Å². The van der Waals surface area contributed by atoms with E-state index < -0.39 is 38.6 Å². The van der Waals surface area contributed by atoms with Crippen LogP contribution in [0, 0.1) is 5.92 Å². The SMILES string of the molecule is CC(C)S(=O)(=O)CC(=O)N1CCC[C@H](C(=O)O)C1. The second kappa shape index (κ2) is 5.69. The largest absolute Gasteiger partial charge is 0.481 e. The van der Waals surface area contributed by atoms with E-state index in [1.807, 2.05) is 0 Å². The Bertz CT molecular complexity index is 429. The van der Waals surface area contributed by atoms with E-state index in [9.17, 15) is 18.0 Å². The van der Waals surface area contributed by atoms with Crippen molar-refractivity contribution in [3.63, 3.8) is 0 Å². The number of hydrogen-bond acceptors (Lipinski definition) is 4. The Morgan fingerprint density at radius 2 is 2.00 bits per heavy atom. The lowest BCUT2D eigenvalue weighted by Gasteiger charge is -2.30. The number of aliphatic carboxylic acids is 1. The van der Waals surface area contributed by atoms with Crippen LogP contribution in [0.2, 0.25) is 0 Å². The van der Waals surface area contributed by atoms with Crippen LogP contribution in [0.4, 0.5) is 0 Å². The van der Waals surface area contributed by atoms with Gasteiger partial charge in [0.1, 0.15) is 5.75 Å². The van der Waals surface area contributed by atoms with E-state index in [2.05, 4.69) is 0 Å². The van der Waals surface area contributed by atoms with Crippen molar-refractivity contribution in [1.82, 2.24) is 4.90 Å². The molecule has 0 spiro atoms. The fraction of sp³-hybridized carbons (Fsp3) is 0.818. The molecule has 0 unspecified atom stereocenters. The maximum Gasteiger partial charge on any atom is 0.308 e. The van der Waals surface area contributed by atoms with Crippen LogP contribution in [0.1, 0.15) is 26.7 Å². The molecular formula is C11H19NO5S. The fourth-order valence-corrected chi connectivity index (χ4v) is 2.70. The average molecular weight is 277 g/mol. The molecule has 1 N–H and O–H groups in total. The molecule has 1 amide bonds. The van der Waals surface area contributed by atoms with E-state index in [0.29, 0.717) is 19.4 Å². The minimum atomic E-state index is -3.42. The molecule has 0 aromatic heterocycles. The lowest BCUT2D eigenvalue weighted by atomic mass is 9.98. The minimum absolute atomic E-state index is 0.113. The Hall–Kier alpha value is -1.11. The van der Waals surface area contributed by atoms with Gasteiger partial charge in [0.15, 0.2) is 9.84 Å². The molecule has 0 radical (unpaired) electrons. The van der Waals surface area contributed by atoms with Gasteiger partial charge in [0.25, 0.3) is 0 Å². The highest BCUT2D eigenvalue weighted by molar-refractivity contribution is 7.92. The second-order valence-electron chi connectivity index (χ2n) is 4.87. The number of rotatable bonds is 4. The molecule has 0 bridgehead atoms. The number of carboxylic acid groups (broad SMARTS) is 1. The number of carbonyl (C=O) groups excluding carboxylic acids is 1. The lowest BCUT2D eigenvalue weighted by molar-refractivity contribution is -0.145. The summed E-state index contributed by atoms with van der Waals surface area (Å²) in [5.74, 6) is -2.53. The number of carbonyl (C=O) groups is 2. The predicted molar refractivity (Wildman–Crippen MR) is 65.9 cm³/mol. The number of carboxylic acids is 1. The summed E-state index contributed by atoms with van der Waals surface area (Å²) in [6.07, 6.45) is 1.14. The molecule has 18 heavy (non-hydrogen) atoms. The van der Waals surface area contributed by atoms with E-state index in [-0.39, 0.29) is 6.54 Å². The number of nitrogens with zero attached hydrogens (tertiary/aromatic N) is 1. The van der Waals surface area contributed by atoms with Crippen molar-refractivity contribution >= 4 is 21.7 Å². The number of piperidine rings is 1. The first-order valence-electron chi connectivity index (χ1n) is 5.96. The third-order valence-corrected chi connectivity index (χ3v) is 5.25. The molecule has 7 heteroatoms. The molecule has 104 valence electrons. The highest BCUT2D eigenvalue weighted by Gasteiger charge is 2.30. The van der Waals surface area contributed by atoms with Gasteiger partial charge in [0, 0.05) is 13.1 Å². The predicted octanol–water partition coefficient (Wildman–Crippen LogP) is 0.133. The maximum atomic E-state index is 11.8.